The zero-order valence-corrected chi connectivity index (χ0v) is 10.5. The van der Waals surface area contributed by atoms with Crippen molar-refractivity contribution in [2.45, 2.75) is 45.7 Å². The first kappa shape index (κ1) is 12.6. The van der Waals surface area contributed by atoms with Crippen LogP contribution >= 0.6 is 11.3 Å². The minimum Gasteiger partial charge on any atom is -0.396 e. The van der Waals surface area contributed by atoms with Crippen molar-refractivity contribution in [3.8, 4) is 0 Å². The third-order valence-corrected chi connectivity index (χ3v) is 3.74. The molecule has 0 aliphatic carbocycles. The molecule has 1 atom stereocenters. The summed E-state index contributed by atoms with van der Waals surface area (Å²) in [7, 11) is 0. The second-order valence-electron chi connectivity index (χ2n) is 4.12. The van der Waals surface area contributed by atoms with E-state index in [9.17, 15) is 0 Å². The Labute approximate surface area is 95.6 Å². The summed E-state index contributed by atoms with van der Waals surface area (Å²) >= 11 is 1.68. The van der Waals surface area contributed by atoms with Crippen LogP contribution in [0.4, 0.5) is 0 Å². The van der Waals surface area contributed by atoms with Crippen LogP contribution in [0.1, 0.15) is 37.4 Å². The Morgan fingerprint density at radius 1 is 1.60 bits per heavy atom. The average molecular weight is 228 g/mol. The van der Waals surface area contributed by atoms with E-state index in [4.69, 9.17) is 5.11 Å². The van der Waals surface area contributed by atoms with Gasteiger partial charge in [0.15, 0.2) is 0 Å². The van der Waals surface area contributed by atoms with Gasteiger partial charge in [-0.25, -0.2) is 4.98 Å². The zero-order valence-electron chi connectivity index (χ0n) is 9.71. The molecule has 3 nitrogen and oxygen atoms in total. The second-order valence-corrected chi connectivity index (χ2v) is 5.07. The number of thiazole rings is 1. The average Bonchev–Trinajstić information content (AvgIpc) is 2.62. The Kier molecular flexibility index (Phi) is 4.70. The highest BCUT2D eigenvalue weighted by molar-refractivity contribution is 7.09. The maximum absolute atomic E-state index is 8.98. The smallest absolute Gasteiger partial charge is 0.107 e. The molecule has 15 heavy (non-hydrogen) atoms. The highest BCUT2D eigenvalue weighted by atomic mass is 32.1. The van der Waals surface area contributed by atoms with Gasteiger partial charge in [-0.15, -0.1) is 11.3 Å². The number of aliphatic hydroxyl groups excluding tert-OH is 1. The Morgan fingerprint density at radius 2 is 2.33 bits per heavy atom. The van der Waals surface area contributed by atoms with E-state index in [0.29, 0.717) is 0 Å². The highest BCUT2D eigenvalue weighted by Crippen LogP contribution is 2.16. The summed E-state index contributed by atoms with van der Waals surface area (Å²) in [6, 6.07) is 0. The number of rotatable bonds is 6. The summed E-state index contributed by atoms with van der Waals surface area (Å²) in [5.41, 5.74) is 1.10. The molecule has 0 aliphatic rings. The predicted octanol–water partition coefficient (Wildman–Crippen LogP) is 2.09. The lowest BCUT2D eigenvalue weighted by atomic mass is 9.95. The van der Waals surface area contributed by atoms with Crippen LogP contribution in [0.5, 0.6) is 0 Å². The number of aromatic nitrogens is 1. The molecule has 86 valence electrons. The molecular formula is C11H20N2OS. The molecule has 0 aliphatic heterocycles. The van der Waals surface area contributed by atoms with E-state index in [0.717, 1.165) is 30.1 Å². The first-order valence-corrected chi connectivity index (χ1v) is 6.24. The lowest BCUT2D eigenvalue weighted by molar-refractivity contribution is 0.214. The SMILES string of the molecule is CC[C@](C)(CCO)NCc1nc(C)cs1. The van der Waals surface area contributed by atoms with Gasteiger partial charge in [0.05, 0.1) is 0 Å². The number of nitrogens with zero attached hydrogens (tertiary/aromatic N) is 1. The van der Waals surface area contributed by atoms with Gasteiger partial charge in [-0.1, -0.05) is 6.92 Å². The van der Waals surface area contributed by atoms with E-state index in [-0.39, 0.29) is 12.1 Å². The van der Waals surface area contributed by atoms with Crippen molar-refractivity contribution in [1.82, 2.24) is 10.3 Å². The molecule has 1 aromatic rings. The van der Waals surface area contributed by atoms with Crippen molar-refractivity contribution in [3.05, 3.63) is 16.1 Å². The van der Waals surface area contributed by atoms with E-state index in [2.05, 4.69) is 29.5 Å². The van der Waals surface area contributed by atoms with Crippen LogP contribution in [-0.4, -0.2) is 22.2 Å². The molecule has 0 unspecified atom stereocenters. The number of aliphatic hydroxyl groups is 1. The maximum Gasteiger partial charge on any atom is 0.107 e. The molecule has 4 heteroatoms. The fourth-order valence-corrected chi connectivity index (χ4v) is 2.12. The van der Waals surface area contributed by atoms with Gasteiger partial charge in [0, 0.05) is 29.8 Å². The van der Waals surface area contributed by atoms with E-state index >= 15 is 0 Å². The summed E-state index contributed by atoms with van der Waals surface area (Å²) in [5, 5.41) is 15.6. The fourth-order valence-electron chi connectivity index (χ4n) is 1.41. The van der Waals surface area contributed by atoms with Crippen molar-refractivity contribution in [2.75, 3.05) is 6.61 Å². The van der Waals surface area contributed by atoms with Crippen LogP contribution in [0.2, 0.25) is 0 Å². The third kappa shape index (κ3) is 3.89. The van der Waals surface area contributed by atoms with Crippen LogP contribution in [0.15, 0.2) is 5.38 Å². The molecule has 0 aromatic carbocycles. The summed E-state index contributed by atoms with van der Waals surface area (Å²) in [5.74, 6) is 0. The van der Waals surface area contributed by atoms with Gasteiger partial charge in [-0.3, -0.25) is 0 Å². The molecule has 0 amide bonds. The van der Waals surface area contributed by atoms with Crippen LogP contribution in [0, 0.1) is 6.92 Å². The molecule has 2 N–H and O–H groups in total. The van der Waals surface area contributed by atoms with Crippen LogP contribution in [0.25, 0.3) is 0 Å². The van der Waals surface area contributed by atoms with Gasteiger partial charge >= 0.3 is 0 Å². The quantitative estimate of drug-likeness (QED) is 0.783. The first-order valence-electron chi connectivity index (χ1n) is 5.36. The van der Waals surface area contributed by atoms with Crippen molar-refractivity contribution in [1.29, 1.82) is 0 Å². The molecule has 0 fully saturated rings. The fraction of sp³-hybridized carbons (Fsp3) is 0.727. The first-order chi connectivity index (χ1) is 7.09. The van der Waals surface area contributed by atoms with E-state index in [1.807, 2.05) is 6.92 Å². The standard InChI is InChI=1S/C11H20N2OS/c1-4-11(3,5-6-14)12-7-10-13-9(2)8-15-10/h8,12,14H,4-7H2,1-3H3/t11-/m1/s1. The van der Waals surface area contributed by atoms with Crippen molar-refractivity contribution in [3.63, 3.8) is 0 Å². The largest absolute Gasteiger partial charge is 0.396 e. The van der Waals surface area contributed by atoms with Crippen LogP contribution in [-0.2, 0) is 6.54 Å². The molecule has 1 aromatic heterocycles. The Hall–Kier alpha value is -0.450. The molecular weight excluding hydrogens is 208 g/mol. The summed E-state index contributed by atoms with van der Waals surface area (Å²) in [6.07, 6.45) is 1.80. The van der Waals surface area contributed by atoms with Crippen LogP contribution in [0.3, 0.4) is 0 Å². The Morgan fingerprint density at radius 3 is 2.80 bits per heavy atom. The number of aryl methyl sites for hydroxylation is 1. The van der Waals surface area contributed by atoms with Gasteiger partial charge in [0.2, 0.25) is 0 Å². The van der Waals surface area contributed by atoms with E-state index in [1.54, 1.807) is 11.3 Å². The van der Waals surface area contributed by atoms with E-state index in [1.165, 1.54) is 0 Å². The summed E-state index contributed by atoms with van der Waals surface area (Å²) in [4.78, 5) is 4.40. The second kappa shape index (κ2) is 5.58. The predicted molar refractivity (Wildman–Crippen MR) is 64.1 cm³/mol. The highest BCUT2D eigenvalue weighted by Gasteiger charge is 2.20. The van der Waals surface area contributed by atoms with Gasteiger partial charge < -0.3 is 10.4 Å². The monoisotopic (exact) mass is 228 g/mol. The molecule has 0 bridgehead atoms. The molecule has 0 saturated heterocycles. The Bertz CT molecular complexity index is 301. The van der Waals surface area contributed by atoms with Gasteiger partial charge in [-0.2, -0.15) is 0 Å². The maximum atomic E-state index is 8.98. The lowest BCUT2D eigenvalue weighted by Gasteiger charge is -2.28. The molecule has 0 radical (unpaired) electrons. The molecule has 1 heterocycles. The van der Waals surface area contributed by atoms with Gasteiger partial charge in [-0.05, 0) is 26.7 Å². The van der Waals surface area contributed by atoms with Crippen molar-refractivity contribution >= 4 is 11.3 Å². The number of hydrogen-bond acceptors (Lipinski definition) is 4. The summed E-state index contributed by atoms with van der Waals surface area (Å²) in [6.45, 7) is 7.31. The van der Waals surface area contributed by atoms with Crippen LogP contribution < -0.4 is 5.32 Å². The Balaban J connectivity index is 2.47. The van der Waals surface area contributed by atoms with Gasteiger partial charge in [0.1, 0.15) is 5.01 Å². The molecule has 0 saturated carbocycles. The zero-order chi connectivity index (χ0) is 11.3. The number of hydrogen-bond donors (Lipinski definition) is 2. The van der Waals surface area contributed by atoms with E-state index < -0.39 is 0 Å². The minimum absolute atomic E-state index is 0.0221. The third-order valence-electron chi connectivity index (χ3n) is 2.78. The molecule has 0 spiro atoms. The summed E-state index contributed by atoms with van der Waals surface area (Å²) < 4.78 is 0. The van der Waals surface area contributed by atoms with Crippen molar-refractivity contribution < 1.29 is 5.11 Å². The normalized spacial score (nSPS) is 15.2. The molecule has 1 rings (SSSR count). The number of nitrogens with one attached hydrogen (secondary N) is 1. The lowest BCUT2D eigenvalue weighted by Crippen LogP contribution is -2.42. The van der Waals surface area contributed by atoms with Gasteiger partial charge in [0.25, 0.3) is 0 Å². The topological polar surface area (TPSA) is 45.1 Å². The minimum atomic E-state index is 0.0221. The van der Waals surface area contributed by atoms with Crippen molar-refractivity contribution in [2.24, 2.45) is 0 Å².